The number of aromatic nitrogens is 2. The lowest BCUT2D eigenvalue weighted by atomic mass is 9.94. The van der Waals surface area contributed by atoms with Crippen molar-refractivity contribution in [3.63, 3.8) is 0 Å². The van der Waals surface area contributed by atoms with Gasteiger partial charge in [-0.2, -0.15) is 5.10 Å². The van der Waals surface area contributed by atoms with Crippen LogP contribution < -0.4 is 9.47 Å². The number of rotatable bonds is 9. The zero-order valence-corrected chi connectivity index (χ0v) is 21.8. The van der Waals surface area contributed by atoms with Gasteiger partial charge in [0.05, 0.1) is 49.0 Å². The molecule has 9 heteroatoms. The normalized spacial score (nSPS) is 17.0. The Morgan fingerprint density at radius 1 is 1.05 bits per heavy atom. The number of hydrogen-bond acceptors (Lipinski definition) is 7. The van der Waals surface area contributed by atoms with Gasteiger partial charge in [-0.25, -0.2) is 4.68 Å². The van der Waals surface area contributed by atoms with Gasteiger partial charge in [0.2, 0.25) is 0 Å². The maximum atomic E-state index is 13.4. The number of benzene rings is 2. The van der Waals surface area contributed by atoms with Crippen molar-refractivity contribution in [1.82, 2.24) is 19.6 Å². The highest BCUT2D eigenvalue weighted by atomic mass is 16.5. The maximum absolute atomic E-state index is 13.4. The van der Waals surface area contributed by atoms with Crippen molar-refractivity contribution < 1.29 is 24.2 Å². The molecule has 1 N–H and O–H groups in total. The van der Waals surface area contributed by atoms with Crippen LogP contribution in [-0.2, 0) is 9.59 Å². The van der Waals surface area contributed by atoms with Gasteiger partial charge in [-0.15, -0.1) is 0 Å². The summed E-state index contributed by atoms with van der Waals surface area (Å²) in [6.07, 6.45) is 2.16. The van der Waals surface area contributed by atoms with Gasteiger partial charge < -0.3 is 24.4 Å². The van der Waals surface area contributed by atoms with E-state index in [4.69, 9.17) is 9.47 Å². The molecule has 0 spiro atoms. The highest BCUT2D eigenvalue weighted by Crippen LogP contribution is 2.45. The Labute approximate surface area is 216 Å². The zero-order valence-electron chi connectivity index (χ0n) is 21.8. The molecule has 2 heterocycles. The zero-order chi connectivity index (χ0) is 26.7. The Morgan fingerprint density at radius 3 is 2.43 bits per heavy atom. The second kappa shape index (κ2) is 10.9. The minimum Gasteiger partial charge on any atom is -0.507 e. The van der Waals surface area contributed by atoms with Gasteiger partial charge in [0.25, 0.3) is 11.7 Å². The number of methoxy groups -OCH3 is 2. The molecular weight excluding hydrogens is 472 g/mol. The number of aliphatic hydroxyl groups excluding tert-OH is 1. The Morgan fingerprint density at radius 2 is 1.78 bits per heavy atom. The Hall–Kier alpha value is -4.11. The van der Waals surface area contributed by atoms with Crippen LogP contribution in [0.1, 0.15) is 29.3 Å². The van der Waals surface area contributed by atoms with Gasteiger partial charge in [-0.3, -0.25) is 9.59 Å². The van der Waals surface area contributed by atoms with Crippen molar-refractivity contribution >= 4 is 17.4 Å². The Bertz CT molecular complexity index is 1330. The minimum atomic E-state index is -0.855. The van der Waals surface area contributed by atoms with Gasteiger partial charge in [0, 0.05) is 12.1 Å². The fraction of sp³-hybridized carbons (Fsp3) is 0.321. The van der Waals surface area contributed by atoms with Crippen LogP contribution in [-0.4, -0.2) is 77.8 Å². The van der Waals surface area contributed by atoms with Crippen LogP contribution in [0, 0.1) is 6.92 Å². The van der Waals surface area contributed by atoms with Crippen molar-refractivity contribution in [1.29, 1.82) is 0 Å². The third kappa shape index (κ3) is 4.82. The number of ketones is 1. The van der Waals surface area contributed by atoms with Crippen LogP contribution in [0.25, 0.3) is 11.4 Å². The summed E-state index contributed by atoms with van der Waals surface area (Å²) >= 11 is 0. The van der Waals surface area contributed by atoms with Crippen molar-refractivity contribution in [2.45, 2.75) is 19.4 Å². The molecule has 1 aliphatic heterocycles. The summed E-state index contributed by atoms with van der Waals surface area (Å²) in [5, 5.41) is 16.0. The molecule has 3 aromatic rings. The molecule has 1 unspecified atom stereocenters. The monoisotopic (exact) mass is 504 g/mol. The molecule has 4 rings (SSSR count). The molecule has 0 radical (unpaired) electrons. The quantitative estimate of drug-likeness (QED) is 0.270. The van der Waals surface area contributed by atoms with Crippen LogP contribution in [0.3, 0.4) is 0 Å². The summed E-state index contributed by atoms with van der Waals surface area (Å²) in [6, 6.07) is 13.9. The fourth-order valence-corrected chi connectivity index (χ4v) is 4.74. The topological polar surface area (TPSA) is 97.1 Å². The number of Topliss-reactive ketones (excluding diaryl/α,β-unsaturated/α-hetero) is 1. The summed E-state index contributed by atoms with van der Waals surface area (Å²) in [4.78, 5) is 30.3. The second-order valence-electron chi connectivity index (χ2n) is 9.12. The summed E-state index contributed by atoms with van der Waals surface area (Å²) in [6.45, 7) is 2.87. The fourth-order valence-electron chi connectivity index (χ4n) is 4.74. The third-order valence-corrected chi connectivity index (χ3v) is 6.54. The lowest BCUT2D eigenvalue weighted by molar-refractivity contribution is -0.140. The molecule has 0 aliphatic carbocycles. The molecule has 1 fully saturated rings. The molecule has 1 aromatic heterocycles. The number of amides is 1. The van der Waals surface area contributed by atoms with E-state index in [1.165, 1.54) is 25.3 Å². The molecule has 0 saturated carbocycles. The summed E-state index contributed by atoms with van der Waals surface area (Å²) < 4.78 is 12.8. The highest BCUT2D eigenvalue weighted by molar-refractivity contribution is 6.46. The first-order valence-corrected chi connectivity index (χ1v) is 12.0. The molecule has 0 bridgehead atoms. The van der Waals surface area contributed by atoms with E-state index < -0.39 is 17.7 Å². The van der Waals surface area contributed by atoms with E-state index in [0.29, 0.717) is 41.3 Å². The van der Waals surface area contributed by atoms with E-state index in [1.807, 2.05) is 56.3 Å². The van der Waals surface area contributed by atoms with Crippen LogP contribution in [0.2, 0.25) is 0 Å². The van der Waals surface area contributed by atoms with E-state index in [2.05, 4.69) is 5.10 Å². The number of carbonyl (C=O) groups excluding carboxylic acids is 2. The van der Waals surface area contributed by atoms with E-state index in [-0.39, 0.29) is 11.3 Å². The van der Waals surface area contributed by atoms with Gasteiger partial charge in [0.1, 0.15) is 5.76 Å². The Balaban J connectivity index is 1.88. The molecular formula is C28H32N4O5. The first kappa shape index (κ1) is 26.0. The maximum Gasteiger partial charge on any atom is 0.295 e. The number of ether oxygens (including phenoxy) is 2. The van der Waals surface area contributed by atoms with Crippen molar-refractivity contribution in [3.8, 4) is 17.2 Å². The number of carbonyl (C=O) groups is 2. The molecule has 9 nitrogen and oxygen atoms in total. The van der Waals surface area contributed by atoms with Gasteiger partial charge in [0.15, 0.2) is 11.5 Å². The first-order valence-electron chi connectivity index (χ1n) is 12.0. The molecule has 37 heavy (non-hydrogen) atoms. The Kier molecular flexibility index (Phi) is 7.63. The van der Waals surface area contributed by atoms with E-state index in [9.17, 15) is 14.7 Å². The second-order valence-corrected chi connectivity index (χ2v) is 9.12. The molecule has 1 saturated heterocycles. The number of para-hydroxylation sites is 2. The van der Waals surface area contributed by atoms with E-state index in [1.54, 1.807) is 22.9 Å². The van der Waals surface area contributed by atoms with E-state index >= 15 is 0 Å². The van der Waals surface area contributed by atoms with Crippen molar-refractivity contribution in [2.24, 2.45) is 0 Å². The largest absolute Gasteiger partial charge is 0.507 e. The van der Waals surface area contributed by atoms with Gasteiger partial charge in [-0.05, 0) is 52.2 Å². The van der Waals surface area contributed by atoms with Crippen LogP contribution in [0.4, 0.5) is 0 Å². The lowest BCUT2D eigenvalue weighted by Gasteiger charge is -2.27. The summed E-state index contributed by atoms with van der Waals surface area (Å²) in [5.41, 5.74) is 2.38. The molecule has 1 amide bonds. The SMILES string of the molecule is COc1cccc(C2/C(=C(\O)c3cnn(-c4ccccc4)c3C)C(=O)C(=O)N2CCCN(C)C)c1OC. The minimum absolute atomic E-state index is 0.00267. The smallest absolute Gasteiger partial charge is 0.295 e. The molecule has 2 aromatic carbocycles. The average molecular weight is 505 g/mol. The molecule has 1 atom stereocenters. The number of likely N-dealkylation sites (tertiary alicyclic amines) is 1. The standard InChI is InChI=1S/C28H32N4O5/c1-18-21(17-29-32(18)19-11-7-6-8-12-19)25(33)23-24(20-13-9-14-22(36-4)27(20)37-5)31(28(35)26(23)34)16-10-15-30(2)3/h6-9,11-14,17,24,33H,10,15-16H2,1-5H3/b25-23+. The predicted octanol–water partition coefficient (Wildman–Crippen LogP) is 3.57. The molecule has 194 valence electrons. The van der Waals surface area contributed by atoms with Crippen LogP contribution in [0.15, 0.2) is 60.3 Å². The van der Waals surface area contributed by atoms with Crippen LogP contribution >= 0.6 is 0 Å². The van der Waals surface area contributed by atoms with Crippen LogP contribution in [0.5, 0.6) is 11.5 Å². The van der Waals surface area contributed by atoms with Crippen molar-refractivity contribution in [3.05, 3.63) is 77.1 Å². The van der Waals surface area contributed by atoms with E-state index in [0.717, 1.165) is 12.2 Å². The highest BCUT2D eigenvalue weighted by Gasteiger charge is 2.47. The van der Waals surface area contributed by atoms with Crippen molar-refractivity contribution in [2.75, 3.05) is 41.4 Å². The predicted molar refractivity (Wildman–Crippen MR) is 140 cm³/mol. The first-order chi connectivity index (χ1) is 17.8. The molecule has 1 aliphatic rings. The summed E-state index contributed by atoms with van der Waals surface area (Å²) in [7, 11) is 6.93. The number of aliphatic hydroxyl groups is 1. The van der Waals surface area contributed by atoms with Gasteiger partial charge >= 0.3 is 0 Å². The average Bonchev–Trinajstić information content (AvgIpc) is 3.40. The third-order valence-electron chi connectivity index (χ3n) is 6.54. The lowest BCUT2D eigenvalue weighted by Crippen LogP contribution is -2.32. The van der Waals surface area contributed by atoms with Gasteiger partial charge in [-0.1, -0.05) is 30.3 Å². The summed E-state index contributed by atoms with van der Waals surface area (Å²) in [5.74, 6) is -0.820. The number of hydrogen-bond donors (Lipinski definition) is 1. The number of nitrogens with zero attached hydrogens (tertiary/aromatic N) is 4.